The fourth-order valence-corrected chi connectivity index (χ4v) is 1.74. The summed E-state index contributed by atoms with van der Waals surface area (Å²) in [6, 6.07) is 11.4. The summed E-state index contributed by atoms with van der Waals surface area (Å²) in [6.45, 7) is 0. The highest BCUT2D eigenvalue weighted by Crippen LogP contribution is 2.28. The summed E-state index contributed by atoms with van der Waals surface area (Å²) in [6.07, 6.45) is 2.66. The summed E-state index contributed by atoms with van der Waals surface area (Å²) in [7, 11) is 0. The lowest BCUT2D eigenvalue weighted by molar-refractivity contribution is -0.367. The fraction of sp³-hybridized carbons (Fsp3) is 0. The zero-order valence-electron chi connectivity index (χ0n) is 8.44. The lowest BCUT2D eigenvalue weighted by Gasteiger charge is -1.92. The van der Waals surface area contributed by atoms with Crippen LogP contribution in [-0.2, 0) is 0 Å². The van der Waals surface area contributed by atoms with Crippen molar-refractivity contribution >= 4 is 12.4 Å². The molecule has 16 heavy (non-hydrogen) atoms. The van der Waals surface area contributed by atoms with Gasteiger partial charge >= 0.3 is 0 Å². The quantitative estimate of drug-likeness (QED) is 0.374. The summed E-state index contributed by atoms with van der Waals surface area (Å²) < 4.78 is 0. The van der Waals surface area contributed by atoms with E-state index in [9.17, 15) is 10.4 Å². The van der Waals surface area contributed by atoms with Crippen molar-refractivity contribution in [3.05, 3.63) is 57.9 Å². The second kappa shape index (κ2) is 4.44. The molecule has 0 heterocycles. The first-order chi connectivity index (χ1) is 7.86. The van der Waals surface area contributed by atoms with E-state index >= 15 is 0 Å². The first-order valence-corrected chi connectivity index (χ1v) is 4.80. The Kier molecular flexibility index (Phi) is 2.82. The maximum atomic E-state index is 10.5. The molecular weight excluding hydrogens is 204 g/mol. The van der Waals surface area contributed by atoms with E-state index in [1.165, 1.54) is 12.4 Å². The van der Waals surface area contributed by atoms with Gasteiger partial charge in [-0.1, -0.05) is 30.3 Å². The molecule has 2 aliphatic rings. The maximum Gasteiger partial charge on any atom is 0.181 e. The first kappa shape index (κ1) is 10.2. The topological polar surface area (TPSA) is 74.1 Å². The van der Waals surface area contributed by atoms with E-state index in [1.807, 2.05) is 36.4 Å². The average Bonchev–Trinajstić information content (AvgIpc) is 2.49. The molecule has 2 rings (SSSR count). The summed E-state index contributed by atoms with van der Waals surface area (Å²) in [4.78, 5) is 0. The van der Waals surface area contributed by atoms with Crippen molar-refractivity contribution in [2.45, 2.75) is 0 Å². The second-order valence-corrected chi connectivity index (χ2v) is 3.32. The fourth-order valence-electron chi connectivity index (χ4n) is 1.74. The SMILES string of the molecule is [O-][NH+]=Cc1cc2cccccc-2c1C=[NH+][O-]. The third kappa shape index (κ3) is 1.72. The van der Waals surface area contributed by atoms with Crippen LogP contribution in [0.1, 0.15) is 11.1 Å². The lowest BCUT2D eigenvalue weighted by atomic mass is 10.1. The van der Waals surface area contributed by atoms with Gasteiger partial charge in [0.1, 0.15) is 0 Å². The predicted molar refractivity (Wildman–Crippen MR) is 62.1 cm³/mol. The summed E-state index contributed by atoms with van der Waals surface area (Å²) in [5.41, 5.74) is 3.31. The van der Waals surface area contributed by atoms with E-state index in [0.29, 0.717) is 11.1 Å². The Hall–Kier alpha value is -2.36. The summed E-state index contributed by atoms with van der Waals surface area (Å²) >= 11 is 0. The highest BCUT2D eigenvalue weighted by atomic mass is 16.4. The molecule has 0 bridgehead atoms. The minimum Gasteiger partial charge on any atom is -0.625 e. The van der Waals surface area contributed by atoms with Crippen LogP contribution in [-0.4, -0.2) is 12.4 Å². The van der Waals surface area contributed by atoms with Gasteiger partial charge in [0.25, 0.3) is 0 Å². The largest absolute Gasteiger partial charge is 0.625 e. The van der Waals surface area contributed by atoms with Crippen molar-refractivity contribution in [1.29, 1.82) is 0 Å². The maximum absolute atomic E-state index is 10.5. The molecule has 2 N–H and O–H groups in total. The van der Waals surface area contributed by atoms with Crippen molar-refractivity contribution in [3.8, 4) is 11.1 Å². The number of hydrogen-bond donors (Lipinski definition) is 2. The van der Waals surface area contributed by atoms with E-state index in [0.717, 1.165) is 11.1 Å². The van der Waals surface area contributed by atoms with Gasteiger partial charge in [0.2, 0.25) is 0 Å². The molecule has 0 fully saturated rings. The highest BCUT2D eigenvalue weighted by Gasteiger charge is 2.14. The standard InChI is InChI=1S/C12H10N2O2/c15-13-7-10-6-9-4-2-1-3-5-11(9)12(10)8-14-16/h1-8,13-14H. The van der Waals surface area contributed by atoms with Gasteiger partial charge in [0.05, 0.1) is 11.1 Å². The molecule has 0 unspecified atom stereocenters. The van der Waals surface area contributed by atoms with Crippen LogP contribution >= 0.6 is 0 Å². The van der Waals surface area contributed by atoms with Crippen LogP contribution in [0.15, 0.2) is 36.4 Å². The number of hydrogen-bond acceptors (Lipinski definition) is 2. The first-order valence-electron chi connectivity index (χ1n) is 4.80. The van der Waals surface area contributed by atoms with E-state index in [-0.39, 0.29) is 0 Å². The van der Waals surface area contributed by atoms with Crippen molar-refractivity contribution in [3.63, 3.8) is 0 Å². The Morgan fingerprint density at radius 2 is 1.69 bits per heavy atom. The molecule has 0 spiro atoms. The molecule has 0 aromatic rings. The molecule has 0 radical (unpaired) electrons. The molecular formula is C12H10N2O2. The van der Waals surface area contributed by atoms with Gasteiger partial charge in [0.15, 0.2) is 12.4 Å². The Bertz CT molecular complexity index is 521. The zero-order valence-corrected chi connectivity index (χ0v) is 8.44. The Morgan fingerprint density at radius 1 is 0.938 bits per heavy atom. The van der Waals surface area contributed by atoms with Crippen LogP contribution in [0.5, 0.6) is 0 Å². The summed E-state index contributed by atoms with van der Waals surface area (Å²) in [5.74, 6) is 0. The number of fused-ring (bicyclic) bond motifs is 1. The normalized spacial score (nSPS) is 11.8. The highest BCUT2D eigenvalue weighted by molar-refractivity contribution is 6.00. The minimum absolute atomic E-state index is 0.694. The molecule has 0 aromatic carbocycles. The molecule has 0 saturated heterocycles. The lowest BCUT2D eigenvalue weighted by Crippen LogP contribution is -2.61. The molecule has 0 aliphatic heterocycles. The predicted octanol–water partition coefficient (Wildman–Crippen LogP) is -1.21. The monoisotopic (exact) mass is 214 g/mol. The van der Waals surface area contributed by atoms with Gasteiger partial charge in [-0.05, 0) is 17.2 Å². The van der Waals surface area contributed by atoms with E-state index in [1.54, 1.807) is 10.3 Å². The smallest absolute Gasteiger partial charge is 0.181 e. The van der Waals surface area contributed by atoms with Gasteiger partial charge in [-0.3, -0.25) is 0 Å². The molecule has 80 valence electrons. The van der Waals surface area contributed by atoms with Crippen molar-refractivity contribution in [1.82, 2.24) is 0 Å². The van der Waals surface area contributed by atoms with Crippen LogP contribution < -0.4 is 10.3 Å². The minimum atomic E-state index is 0.694. The second-order valence-electron chi connectivity index (χ2n) is 3.32. The van der Waals surface area contributed by atoms with Crippen LogP contribution in [0.4, 0.5) is 0 Å². The molecule has 0 amide bonds. The summed E-state index contributed by atoms with van der Waals surface area (Å²) in [5, 5.41) is 24.3. The molecule has 4 nitrogen and oxygen atoms in total. The molecule has 0 saturated carbocycles. The van der Waals surface area contributed by atoms with Crippen LogP contribution in [0.25, 0.3) is 11.1 Å². The van der Waals surface area contributed by atoms with Gasteiger partial charge in [-0.15, -0.1) is 0 Å². The molecule has 2 aliphatic carbocycles. The molecule has 0 aromatic heterocycles. The number of rotatable bonds is 2. The van der Waals surface area contributed by atoms with Gasteiger partial charge in [-0.2, -0.15) is 0 Å². The van der Waals surface area contributed by atoms with Crippen molar-refractivity contribution < 1.29 is 10.3 Å². The van der Waals surface area contributed by atoms with Crippen molar-refractivity contribution in [2.75, 3.05) is 0 Å². The van der Waals surface area contributed by atoms with Crippen LogP contribution in [0, 0.1) is 10.4 Å². The third-order valence-electron chi connectivity index (χ3n) is 2.40. The van der Waals surface area contributed by atoms with E-state index in [2.05, 4.69) is 0 Å². The Morgan fingerprint density at radius 3 is 2.44 bits per heavy atom. The molecule has 4 heteroatoms. The number of nitrogens with one attached hydrogen (secondary N) is 2. The average molecular weight is 214 g/mol. The van der Waals surface area contributed by atoms with Gasteiger partial charge in [-0.25, -0.2) is 10.3 Å². The third-order valence-corrected chi connectivity index (χ3v) is 2.40. The van der Waals surface area contributed by atoms with E-state index in [4.69, 9.17) is 0 Å². The van der Waals surface area contributed by atoms with Gasteiger partial charge < -0.3 is 10.4 Å². The van der Waals surface area contributed by atoms with Crippen LogP contribution in [0.3, 0.4) is 0 Å². The molecule has 0 atom stereocenters. The van der Waals surface area contributed by atoms with E-state index < -0.39 is 0 Å². The Balaban J connectivity index is 2.71. The Labute approximate surface area is 92.5 Å². The zero-order chi connectivity index (χ0) is 11.4. The van der Waals surface area contributed by atoms with Crippen LogP contribution in [0.2, 0.25) is 0 Å². The van der Waals surface area contributed by atoms with Crippen molar-refractivity contribution in [2.24, 2.45) is 0 Å². The van der Waals surface area contributed by atoms with Gasteiger partial charge in [0, 0.05) is 0 Å².